The van der Waals surface area contributed by atoms with Crippen LogP contribution < -0.4 is 11.0 Å². The van der Waals surface area contributed by atoms with Gasteiger partial charge in [-0.3, -0.25) is 9.55 Å². The first-order valence-electron chi connectivity index (χ1n) is 8.19. The number of benzene rings is 1. The number of nitrogens with zero attached hydrogens (tertiary/aromatic N) is 3. The molecule has 0 amide bonds. The Morgan fingerprint density at radius 1 is 1.21 bits per heavy atom. The highest BCUT2D eigenvalue weighted by molar-refractivity contribution is 8.00. The number of imidazole rings is 1. The van der Waals surface area contributed by atoms with Crippen molar-refractivity contribution in [3.8, 4) is 11.6 Å². The van der Waals surface area contributed by atoms with Crippen molar-refractivity contribution in [1.29, 1.82) is 0 Å². The molecule has 0 bridgehead atoms. The van der Waals surface area contributed by atoms with Gasteiger partial charge in [0.05, 0.1) is 29.8 Å². The molecule has 0 saturated carbocycles. The quantitative estimate of drug-likeness (QED) is 0.627. The van der Waals surface area contributed by atoms with E-state index in [0.29, 0.717) is 5.69 Å². The molecule has 6 nitrogen and oxygen atoms in total. The van der Waals surface area contributed by atoms with Crippen molar-refractivity contribution < 1.29 is 18.3 Å². The van der Waals surface area contributed by atoms with Gasteiger partial charge in [-0.2, -0.15) is 13.2 Å². The third-order valence-electron chi connectivity index (χ3n) is 4.20. The number of halogens is 3. The Labute approximate surface area is 162 Å². The fraction of sp³-hybridized carbons (Fsp3) is 0.222. The lowest BCUT2D eigenvalue weighted by Gasteiger charge is -2.09. The van der Waals surface area contributed by atoms with Crippen LogP contribution in [-0.2, 0) is 6.54 Å². The van der Waals surface area contributed by atoms with E-state index in [1.54, 1.807) is 32.4 Å². The first-order valence-corrected chi connectivity index (χ1v) is 9.01. The van der Waals surface area contributed by atoms with Gasteiger partial charge in [-0.15, -0.1) is 0 Å². The van der Waals surface area contributed by atoms with Crippen LogP contribution in [0.25, 0.3) is 5.69 Å². The molecule has 0 atom stereocenters. The van der Waals surface area contributed by atoms with Gasteiger partial charge in [0, 0.05) is 18.1 Å². The summed E-state index contributed by atoms with van der Waals surface area (Å²) >= 11 is -0.241. The zero-order valence-corrected chi connectivity index (χ0v) is 15.8. The molecular formula is C18H17F3N4O2S. The second kappa shape index (κ2) is 7.63. The van der Waals surface area contributed by atoms with Crippen LogP contribution in [-0.4, -0.2) is 31.8 Å². The van der Waals surface area contributed by atoms with Crippen molar-refractivity contribution >= 4 is 17.4 Å². The van der Waals surface area contributed by atoms with E-state index in [1.807, 2.05) is 0 Å². The molecule has 0 radical (unpaired) electrons. The van der Waals surface area contributed by atoms with Crippen molar-refractivity contribution in [3.05, 3.63) is 64.5 Å². The largest absolute Gasteiger partial charge is 0.493 e. The van der Waals surface area contributed by atoms with Crippen LogP contribution >= 0.6 is 11.8 Å². The number of nitrogens with one attached hydrogen (secondary N) is 1. The van der Waals surface area contributed by atoms with Crippen LogP contribution in [0.4, 0.5) is 18.9 Å². The van der Waals surface area contributed by atoms with Crippen LogP contribution in [0.3, 0.4) is 0 Å². The highest BCUT2D eigenvalue weighted by Gasteiger charge is 2.29. The van der Waals surface area contributed by atoms with Crippen LogP contribution in [0.5, 0.6) is 5.88 Å². The maximum absolute atomic E-state index is 12.9. The number of pyridine rings is 1. The van der Waals surface area contributed by atoms with Gasteiger partial charge in [0.2, 0.25) is 5.88 Å². The van der Waals surface area contributed by atoms with Crippen molar-refractivity contribution in [2.45, 2.75) is 23.9 Å². The highest BCUT2D eigenvalue weighted by Crippen LogP contribution is 2.37. The third-order valence-corrected chi connectivity index (χ3v) is 4.94. The Balaban J connectivity index is 1.98. The number of rotatable bonds is 5. The number of aromatic nitrogens is 3. The molecule has 1 aromatic carbocycles. The Bertz CT molecular complexity index is 1040. The van der Waals surface area contributed by atoms with Crippen molar-refractivity contribution in [1.82, 2.24) is 14.1 Å². The monoisotopic (exact) mass is 410 g/mol. The van der Waals surface area contributed by atoms with Crippen LogP contribution in [0, 0.1) is 6.92 Å². The molecule has 2 aromatic heterocycles. The van der Waals surface area contributed by atoms with Gasteiger partial charge in [-0.1, -0.05) is 0 Å². The van der Waals surface area contributed by atoms with Crippen LogP contribution in [0.15, 0.2) is 52.4 Å². The standard InChI is InChI=1S/C18H17F3N4O2S/c1-11-16(26)25(13-3-5-14(6-4-13)28-18(19,20)21)17(27)24(11)10-12-7-8-23-9-15(12)22-2/h3-9,22,26H,10H2,1-2H3. The van der Waals surface area contributed by atoms with Crippen LogP contribution in [0.1, 0.15) is 11.3 Å². The lowest BCUT2D eigenvalue weighted by molar-refractivity contribution is -0.0328. The Morgan fingerprint density at radius 3 is 2.50 bits per heavy atom. The molecule has 3 rings (SSSR count). The molecule has 3 aromatic rings. The van der Waals surface area contributed by atoms with Crippen LogP contribution in [0.2, 0.25) is 0 Å². The summed E-state index contributed by atoms with van der Waals surface area (Å²) in [4.78, 5) is 16.9. The smallest absolute Gasteiger partial charge is 0.446 e. The number of anilines is 1. The minimum absolute atomic E-state index is 0.00427. The minimum atomic E-state index is -4.39. The molecule has 148 valence electrons. The first kappa shape index (κ1) is 19.9. The van der Waals surface area contributed by atoms with Gasteiger partial charge >= 0.3 is 11.2 Å². The van der Waals surface area contributed by atoms with E-state index in [1.165, 1.54) is 28.8 Å². The molecule has 2 heterocycles. The van der Waals surface area contributed by atoms with Gasteiger partial charge in [-0.05, 0) is 54.6 Å². The highest BCUT2D eigenvalue weighted by atomic mass is 32.2. The summed E-state index contributed by atoms with van der Waals surface area (Å²) < 4.78 is 39.9. The van der Waals surface area contributed by atoms with Crippen molar-refractivity contribution in [2.75, 3.05) is 12.4 Å². The predicted molar refractivity (Wildman–Crippen MR) is 101 cm³/mol. The number of alkyl halides is 3. The molecule has 0 aliphatic rings. The third kappa shape index (κ3) is 4.01. The fourth-order valence-corrected chi connectivity index (χ4v) is 3.35. The fourth-order valence-electron chi connectivity index (χ4n) is 2.81. The Morgan fingerprint density at radius 2 is 1.89 bits per heavy atom. The summed E-state index contributed by atoms with van der Waals surface area (Å²) in [6.45, 7) is 1.80. The second-order valence-electron chi connectivity index (χ2n) is 5.94. The Hall–Kier alpha value is -2.88. The van der Waals surface area contributed by atoms with Gasteiger partial charge in [0.1, 0.15) is 0 Å². The molecule has 0 saturated heterocycles. The number of hydrogen-bond donors (Lipinski definition) is 2. The van der Waals surface area contributed by atoms with E-state index in [0.717, 1.165) is 15.8 Å². The molecule has 0 aliphatic heterocycles. The molecule has 2 N–H and O–H groups in total. The summed E-state index contributed by atoms with van der Waals surface area (Å²) in [5.74, 6) is -0.263. The van der Waals surface area contributed by atoms with E-state index < -0.39 is 11.2 Å². The predicted octanol–water partition coefficient (Wildman–Crippen LogP) is 3.75. The van der Waals surface area contributed by atoms with Gasteiger partial charge < -0.3 is 10.4 Å². The van der Waals surface area contributed by atoms with Gasteiger partial charge in [0.15, 0.2) is 0 Å². The molecule has 0 spiro atoms. The maximum atomic E-state index is 12.9. The molecule has 10 heteroatoms. The first-order chi connectivity index (χ1) is 13.2. The summed E-state index contributed by atoms with van der Waals surface area (Å²) in [5.41, 5.74) is -2.72. The molecule has 0 aliphatic carbocycles. The average molecular weight is 410 g/mol. The number of thioether (sulfide) groups is 1. The van der Waals surface area contributed by atoms with E-state index in [9.17, 15) is 23.1 Å². The number of hydrogen-bond acceptors (Lipinski definition) is 5. The topological polar surface area (TPSA) is 72.1 Å². The lowest BCUT2D eigenvalue weighted by atomic mass is 10.2. The van der Waals surface area contributed by atoms with E-state index in [-0.39, 0.29) is 34.8 Å². The summed E-state index contributed by atoms with van der Waals surface area (Å²) in [6.07, 6.45) is 3.23. The number of aromatic hydroxyl groups is 1. The van der Waals surface area contributed by atoms with Crippen molar-refractivity contribution in [3.63, 3.8) is 0 Å². The molecule has 0 unspecified atom stereocenters. The minimum Gasteiger partial charge on any atom is -0.493 e. The maximum Gasteiger partial charge on any atom is 0.446 e. The van der Waals surface area contributed by atoms with Gasteiger partial charge in [0.25, 0.3) is 0 Å². The van der Waals surface area contributed by atoms with E-state index in [4.69, 9.17) is 0 Å². The molecular weight excluding hydrogens is 393 g/mol. The van der Waals surface area contributed by atoms with Crippen molar-refractivity contribution in [2.24, 2.45) is 0 Å². The Kier molecular flexibility index (Phi) is 5.41. The summed E-state index contributed by atoms with van der Waals surface area (Å²) in [7, 11) is 1.74. The SMILES string of the molecule is CNc1cnccc1Cn1c(C)c(O)n(-c2ccc(SC(F)(F)F)cc2)c1=O. The average Bonchev–Trinajstić information content (AvgIpc) is 2.85. The molecule has 28 heavy (non-hydrogen) atoms. The molecule has 0 fully saturated rings. The zero-order chi connectivity index (χ0) is 20.5. The van der Waals surface area contributed by atoms with Gasteiger partial charge in [-0.25, -0.2) is 9.36 Å². The van der Waals surface area contributed by atoms with E-state index >= 15 is 0 Å². The lowest BCUT2D eigenvalue weighted by Crippen LogP contribution is -2.24. The normalized spacial score (nSPS) is 11.6. The zero-order valence-electron chi connectivity index (χ0n) is 15.0. The second-order valence-corrected chi connectivity index (χ2v) is 7.08. The summed E-state index contributed by atoms with van der Waals surface area (Å²) in [6, 6.07) is 7.01. The van der Waals surface area contributed by atoms with E-state index in [2.05, 4.69) is 10.3 Å². The summed E-state index contributed by atoms with van der Waals surface area (Å²) in [5, 5.41) is 13.4.